The standard InChI is InChI=1S/C12H18ClNO/c1-8(2)9(3)14-12-6-5-10(15-4)7-11(12)13/h5-9,14H,1-4H3. The number of rotatable bonds is 4. The van der Waals surface area contributed by atoms with Crippen molar-refractivity contribution in [3.63, 3.8) is 0 Å². The minimum atomic E-state index is 0.399. The average Bonchev–Trinajstić information content (AvgIpc) is 2.20. The molecule has 15 heavy (non-hydrogen) atoms. The van der Waals surface area contributed by atoms with Crippen molar-refractivity contribution >= 4 is 17.3 Å². The first kappa shape index (κ1) is 12.2. The first-order chi connectivity index (χ1) is 7.04. The smallest absolute Gasteiger partial charge is 0.120 e. The summed E-state index contributed by atoms with van der Waals surface area (Å²) in [7, 11) is 1.63. The molecule has 0 aliphatic rings. The van der Waals surface area contributed by atoms with E-state index in [0.717, 1.165) is 11.4 Å². The third-order valence-corrected chi connectivity index (χ3v) is 2.87. The van der Waals surface area contributed by atoms with Gasteiger partial charge in [-0.15, -0.1) is 0 Å². The Morgan fingerprint density at radius 3 is 2.40 bits per heavy atom. The van der Waals surface area contributed by atoms with E-state index in [1.54, 1.807) is 7.11 Å². The SMILES string of the molecule is COc1ccc(NC(C)C(C)C)c(Cl)c1. The van der Waals surface area contributed by atoms with Gasteiger partial charge in [0, 0.05) is 12.1 Å². The van der Waals surface area contributed by atoms with Gasteiger partial charge in [-0.2, -0.15) is 0 Å². The van der Waals surface area contributed by atoms with Gasteiger partial charge in [-0.05, 0) is 25.0 Å². The van der Waals surface area contributed by atoms with E-state index >= 15 is 0 Å². The van der Waals surface area contributed by atoms with Crippen LogP contribution in [0.2, 0.25) is 5.02 Å². The summed E-state index contributed by atoms with van der Waals surface area (Å²) in [4.78, 5) is 0. The molecule has 0 bridgehead atoms. The van der Waals surface area contributed by atoms with Gasteiger partial charge >= 0.3 is 0 Å². The minimum Gasteiger partial charge on any atom is -0.497 e. The zero-order valence-electron chi connectivity index (χ0n) is 9.67. The zero-order valence-corrected chi connectivity index (χ0v) is 10.4. The zero-order chi connectivity index (χ0) is 11.4. The molecule has 0 saturated carbocycles. The molecular formula is C12H18ClNO. The molecule has 1 N–H and O–H groups in total. The second kappa shape index (κ2) is 5.26. The van der Waals surface area contributed by atoms with E-state index in [0.29, 0.717) is 17.0 Å². The highest BCUT2D eigenvalue weighted by molar-refractivity contribution is 6.33. The van der Waals surface area contributed by atoms with Crippen LogP contribution in [-0.2, 0) is 0 Å². The lowest BCUT2D eigenvalue weighted by Crippen LogP contribution is -2.21. The third-order valence-electron chi connectivity index (χ3n) is 2.56. The van der Waals surface area contributed by atoms with Crippen molar-refractivity contribution in [2.24, 2.45) is 5.92 Å². The van der Waals surface area contributed by atoms with Crippen LogP contribution in [0, 0.1) is 5.92 Å². The van der Waals surface area contributed by atoms with Gasteiger partial charge in [0.25, 0.3) is 0 Å². The molecule has 0 aromatic heterocycles. The molecule has 0 fully saturated rings. The van der Waals surface area contributed by atoms with Crippen molar-refractivity contribution in [3.05, 3.63) is 23.2 Å². The molecule has 84 valence electrons. The number of nitrogens with one attached hydrogen (secondary N) is 1. The summed E-state index contributed by atoms with van der Waals surface area (Å²) in [5.74, 6) is 1.35. The predicted octanol–water partition coefficient (Wildman–Crippen LogP) is 3.81. The minimum absolute atomic E-state index is 0.399. The molecule has 3 heteroatoms. The molecule has 0 saturated heterocycles. The molecule has 1 aromatic rings. The van der Waals surface area contributed by atoms with Crippen molar-refractivity contribution in [2.45, 2.75) is 26.8 Å². The van der Waals surface area contributed by atoms with Gasteiger partial charge in [0.2, 0.25) is 0 Å². The summed E-state index contributed by atoms with van der Waals surface area (Å²) in [6.45, 7) is 6.50. The molecule has 1 atom stereocenters. The van der Waals surface area contributed by atoms with E-state index in [4.69, 9.17) is 16.3 Å². The van der Waals surface area contributed by atoms with Gasteiger partial charge in [0.05, 0.1) is 17.8 Å². The molecule has 0 aliphatic carbocycles. The summed E-state index contributed by atoms with van der Waals surface area (Å²) in [6.07, 6.45) is 0. The summed E-state index contributed by atoms with van der Waals surface area (Å²) in [5, 5.41) is 4.07. The van der Waals surface area contributed by atoms with Crippen LogP contribution in [0.1, 0.15) is 20.8 Å². The molecular weight excluding hydrogens is 210 g/mol. The lowest BCUT2D eigenvalue weighted by Gasteiger charge is -2.19. The van der Waals surface area contributed by atoms with E-state index < -0.39 is 0 Å². The number of halogens is 1. The van der Waals surface area contributed by atoms with E-state index in [1.807, 2.05) is 18.2 Å². The van der Waals surface area contributed by atoms with Crippen LogP contribution >= 0.6 is 11.6 Å². The van der Waals surface area contributed by atoms with Crippen LogP contribution in [0.25, 0.3) is 0 Å². The molecule has 0 amide bonds. The number of ether oxygens (including phenoxy) is 1. The van der Waals surface area contributed by atoms with Crippen LogP contribution in [-0.4, -0.2) is 13.2 Å². The highest BCUT2D eigenvalue weighted by atomic mass is 35.5. The summed E-state index contributed by atoms with van der Waals surface area (Å²) < 4.78 is 5.09. The Balaban J connectivity index is 2.78. The number of methoxy groups -OCH3 is 1. The molecule has 1 unspecified atom stereocenters. The fourth-order valence-electron chi connectivity index (χ4n) is 1.15. The quantitative estimate of drug-likeness (QED) is 0.845. The van der Waals surface area contributed by atoms with E-state index in [9.17, 15) is 0 Å². The number of hydrogen-bond acceptors (Lipinski definition) is 2. The predicted molar refractivity (Wildman–Crippen MR) is 65.9 cm³/mol. The molecule has 0 spiro atoms. The van der Waals surface area contributed by atoms with Crippen molar-refractivity contribution in [1.82, 2.24) is 0 Å². The maximum atomic E-state index is 6.11. The lowest BCUT2D eigenvalue weighted by molar-refractivity contribution is 0.415. The van der Waals surface area contributed by atoms with Crippen LogP contribution < -0.4 is 10.1 Å². The van der Waals surface area contributed by atoms with Gasteiger partial charge < -0.3 is 10.1 Å². The van der Waals surface area contributed by atoms with Crippen LogP contribution in [0.5, 0.6) is 5.75 Å². The average molecular weight is 228 g/mol. The van der Waals surface area contributed by atoms with Gasteiger partial charge in [0.1, 0.15) is 5.75 Å². The first-order valence-electron chi connectivity index (χ1n) is 5.14. The summed E-state index contributed by atoms with van der Waals surface area (Å²) in [5.41, 5.74) is 0.957. The topological polar surface area (TPSA) is 21.3 Å². The number of anilines is 1. The Labute approximate surface area is 96.6 Å². The summed E-state index contributed by atoms with van der Waals surface area (Å²) >= 11 is 6.11. The molecule has 1 aromatic carbocycles. The van der Waals surface area contributed by atoms with Crippen LogP contribution in [0.4, 0.5) is 5.69 Å². The maximum Gasteiger partial charge on any atom is 0.120 e. The fraction of sp³-hybridized carbons (Fsp3) is 0.500. The fourth-order valence-corrected chi connectivity index (χ4v) is 1.38. The van der Waals surface area contributed by atoms with Gasteiger partial charge in [-0.3, -0.25) is 0 Å². The Morgan fingerprint density at radius 2 is 1.93 bits per heavy atom. The van der Waals surface area contributed by atoms with Crippen LogP contribution in [0.15, 0.2) is 18.2 Å². The molecule has 0 heterocycles. The van der Waals surface area contributed by atoms with Crippen molar-refractivity contribution in [3.8, 4) is 5.75 Å². The van der Waals surface area contributed by atoms with Crippen LogP contribution in [0.3, 0.4) is 0 Å². The Bertz CT molecular complexity index is 325. The summed E-state index contributed by atoms with van der Waals surface area (Å²) in [6, 6.07) is 6.06. The van der Waals surface area contributed by atoms with Gasteiger partial charge in [-0.1, -0.05) is 25.4 Å². The second-order valence-electron chi connectivity index (χ2n) is 4.02. The van der Waals surface area contributed by atoms with Crippen molar-refractivity contribution < 1.29 is 4.74 Å². The van der Waals surface area contributed by atoms with Crippen molar-refractivity contribution in [1.29, 1.82) is 0 Å². The molecule has 1 rings (SSSR count). The van der Waals surface area contributed by atoms with Gasteiger partial charge in [0.15, 0.2) is 0 Å². The largest absolute Gasteiger partial charge is 0.497 e. The Morgan fingerprint density at radius 1 is 1.27 bits per heavy atom. The Kier molecular flexibility index (Phi) is 4.28. The van der Waals surface area contributed by atoms with Crippen molar-refractivity contribution in [2.75, 3.05) is 12.4 Å². The highest BCUT2D eigenvalue weighted by Crippen LogP contribution is 2.27. The normalized spacial score (nSPS) is 12.7. The molecule has 0 radical (unpaired) electrons. The van der Waals surface area contributed by atoms with E-state index in [1.165, 1.54) is 0 Å². The van der Waals surface area contributed by atoms with Gasteiger partial charge in [-0.25, -0.2) is 0 Å². The Hall–Kier alpha value is -0.890. The van der Waals surface area contributed by atoms with E-state index in [-0.39, 0.29) is 0 Å². The highest BCUT2D eigenvalue weighted by Gasteiger charge is 2.09. The monoisotopic (exact) mass is 227 g/mol. The van der Waals surface area contributed by atoms with E-state index in [2.05, 4.69) is 26.1 Å². The maximum absolute atomic E-state index is 6.11. The first-order valence-corrected chi connectivity index (χ1v) is 5.52. The molecule has 0 aliphatic heterocycles. The number of benzene rings is 1. The lowest BCUT2D eigenvalue weighted by atomic mass is 10.1. The second-order valence-corrected chi connectivity index (χ2v) is 4.43. The number of hydrogen-bond donors (Lipinski definition) is 1. The molecule has 2 nitrogen and oxygen atoms in total. The third kappa shape index (κ3) is 3.31.